The number of carbonyl (C=O) groups is 1. The van der Waals surface area contributed by atoms with Gasteiger partial charge in [-0.2, -0.15) is 0 Å². The van der Waals surface area contributed by atoms with Crippen LogP contribution < -0.4 is 5.32 Å². The van der Waals surface area contributed by atoms with E-state index in [4.69, 9.17) is 4.52 Å². The van der Waals surface area contributed by atoms with Crippen molar-refractivity contribution < 1.29 is 18.1 Å². The number of hydrogen-bond donors (Lipinski definition) is 1. The number of nitrogens with zero attached hydrogens (tertiary/aromatic N) is 3. The average Bonchev–Trinajstić information content (AvgIpc) is 3.12. The van der Waals surface area contributed by atoms with Gasteiger partial charge in [0.25, 0.3) is 0 Å². The lowest BCUT2D eigenvalue weighted by atomic mass is 10.0. The van der Waals surface area contributed by atoms with Crippen LogP contribution in [0.2, 0.25) is 0 Å². The SMILES string of the molecule is O=C(Cc1cccc(F)c1)Nc1onc(-c2ccc(F)cc2)c1-c1ccncn1. The molecule has 2 heterocycles. The summed E-state index contributed by atoms with van der Waals surface area (Å²) in [5, 5.41) is 6.69. The van der Waals surface area contributed by atoms with Gasteiger partial charge in [-0.25, -0.2) is 18.7 Å². The van der Waals surface area contributed by atoms with E-state index in [1.807, 2.05) is 0 Å². The maximum atomic E-state index is 13.3. The van der Waals surface area contributed by atoms with E-state index in [0.717, 1.165) is 0 Å². The summed E-state index contributed by atoms with van der Waals surface area (Å²) in [6.45, 7) is 0. The van der Waals surface area contributed by atoms with Gasteiger partial charge in [0.1, 0.15) is 23.7 Å². The Balaban J connectivity index is 1.68. The fourth-order valence-electron chi connectivity index (χ4n) is 2.86. The van der Waals surface area contributed by atoms with Gasteiger partial charge in [-0.15, -0.1) is 0 Å². The summed E-state index contributed by atoms with van der Waals surface area (Å²) in [4.78, 5) is 20.6. The Morgan fingerprint density at radius 3 is 2.59 bits per heavy atom. The Kier molecular flexibility index (Phi) is 5.07. The van der Waals surface area contributed by atoms with Crippen LogP contribution in [0.15, 0.2) is 71.6 Å². The number of amides is 1. The third-order valence-corrected chi connectivity index (χ3v) is 4.15. The standard InChI is InChI=1S/C21H14F2N4O2/c22-15-6-4-14(5-7-15)20-19(17-8-9-24-12-25-17)21(29-27-20)26-18(28)11-13-2-1-3-16(23)10-13/h1-10,12H,11H2,(H,26,28). The zero-order valence-corrected chi connectivity index (χ0v) is 15.0. The maximum Gasteiger partial charge on any atom is 0.241 e. The van der Waals surface area contributed by atoms with E-state index in [0.29, 0.717) is 28.1 Å². The van der Waals surface area contributed by atoms with Gasteiger partial charge in [-0.05, 0) is 48.0 Å². The highest BCUT2D eigenvalue weighted by atomic mass is 19.1. The topological polar surface area (TPSA) is 80.9 Å². The minimum atomic E-state index is -0.421. The summed E-state index contributed by atoms with van der Waals surface area (Å²) in [6, 6.07) is 13.1. The molecule has 0 spiro atoms. The van der Waals surface area contributed by atoms with Crippen molar-refractivity contribution in [3.05, 3.63) is 84.3 Å². The van der Waals surface area contributed by atoms with Crippen molar-refractivity contribution in [1.82, 2.24) is 15.1 Å². The van der Waals surface area contributed by atoms with Crippen molar-refractivity contribution in [3.8, 4) is 22.5 Å². The quantitative estimate of drug-likeness (QED) is 0.549. The van der Waals surface area contributed by atoms with Gasteiger partial charge in [0.2, 0.25) is 11.8 Å². The van der Waals surface area contributed by atoms with Crippen LogP contribution in [0.25, 0.3) is 22.5 Å². The third kappa shape index (κ3) is 4.16. The molecule has 0 radical (unpaired) electrons. The van der Waals surface area contributed by atoms with Gasteiger partial charge in [-0.3, -0.25) is 10.1 Å². The maximum absolute atomic E-state index is 13.3. The summed E-state index contributed by atoms with van der Waals surface area (Å²) >= 11 is 0. The minimum Gasteiger partial charge on any atom is -0.337 e. The molecule has 0 fully saturated rings. The summed E-state index contributed by atoms with van der Waals surface area (Å²) in [5.41, 5.74) is 2.41. The molecule has 1 amide bonds. The first-order chi connectivity index (χ1) is 14.1. The fraction of sp³-hybridized carbons (Fsp3) is 0.0476. The van der Waals surface area contributed by atoms with E-state index in [-0.39, 0.29) is 18.1 Å². The van der Waals surface area contributed by atoms with Gasteiger partial charge in [0.15, 0.2) is 0 Å². The van der Waals surface area contributed by atoms with Crippen molar-refractivity contribution in [2.24, 2.45) is 0 Å². The number of nitrogens with one attached hydrogen (secondary N) is 1. The van der Waals surface area contributed by atoms with Crippen LogP contribution >= 0.6 is 0 Å². The lowest BCUT2D eigenvalue weighted by molar-refractivity contribution is -0.115. The second kappa shape index (κ2) is 7.97. The van der Waals surface area contributed by atoms with Gasteiger partial charge in [-0.1, -0.05) is 17.3 Å². The number of anilines is 1. The van der Waals surface area contributed by atoms with Crippen LogP contribution in [0, 0.1) is 11.6 Å². The molecule has 2 aromatic heterocycles. The number of halogens is 2. The molecule has 144 valence electrons. The predicted octanol–water partition coefficient (Wildman–Crippen LogP) is 4.26. The Labute approximate surface area is 164 Å². The monoisotopic (exact) mass is 392 g/mol. The molecule has 0 aliphatic heterocycles. The largest absolute Gasteiger partial charge is 0.337 e. The lowest BCUT2D eigenvalue weighted by Gasteiger charge is -2.06. The van der Waals surface area contributed by atoms with Crippen LogP contribution in [-0.2, 0) is 11.2 Å². The number of aromatic nitrogens is 3. The third-order valence-electron chi connectivity index (χ3n) is 4.15. The summed E-state index contributed by atoms with van der Waals surface area (Å²) in [7, 11) is 0. The lowest BCUT2D eigenvalue weighted by Crippen LogP contribution is -2.14. The molecule has 2 aromatic carbocycles. The van der Waals surface area contributed by atoms with Gasteiger partial charge in [0, 0.05) is 11.8 Å². The van der Waals surface area contributed by atoms with Gasteiger partial charge in [0.05, 0.1) is 17.7 Å². The van der Waals surface area contributed by atoms with Crippen LogP contribution in [0.1, 0.15) is 5.56 Å². The summed E-state index contributed by atoms with van der Waals surface area (Å²) < 4.78 is 32.0. The molecule has 0 bridgehead atoms. The molecule has 8 heteroatoms. The zero-order valence-electron chi connectivity index (χ0n) is 15.0. The molecule has 0 aliphatic carbocycles. The molecule has 1 N–H and O–H groups in total. The highest BCUT2D eigenvalue weighted by molar-refractivity contribution is 5.97. The van der Waals surface area contributed by atoms with E-state index >= 15 is 0 Å². The minimum absolute atomic E-state index is 0.0481. The molecule has 4 aromatic rings. The number of carbonyl (C=O) groups excluding carboxylic acids is 1. The highest BCUT2D eigenvalue weighted by Gasteiger charge is 2.22. The first kappa shape index (κ1) is 18.4. The van der Waals surface area contributed by atoms with Crippen molar-refractivity contribution in [2.45, 2.75) is 6.42 Å². The molecule has 0 saturated heterocycles. The molecule has 6 nitrogen and oxygen atoms in total. The van der Waals surface area contributed by atoms with Gasteiger partial charge >= 0.3 is 0 Å². The molecular formula is C21H14F2N4O2. The zero-order chi connectivity index (χ0) is 20.2. The Morgan fingerprint density at radius 1 is 1.03 bits per heavy atom. The molecule has 4 rings (SSSR count). The smallest absolute Gasteiger partial charge is 0.241 e. The van der Waals surface area contributed by atoms with E-state index in [1.54, 1.807) is 30.5 Å². The highest BCUT2D eigenvalue weighted by Crippen LogP contribution is 2.36. The second-order valence-corrected chi connectivity index (χ2v) is 6.19. The molecule has 0 atom stereocenters. The Bertz CT molecular complexity index is 1150. The van der Waals surface area contributed by atoms with Crippen LogP contribution in [-0.4, -0.2) is 21.0 Å². The molecular weight excluding hydrogens is 378 g/mol. The Morgan fingerprint density at radius 2 is 1.86 bits per heavy atom. The van der Waals surface area contributed by atoms with Crippen molar-refractivity contribution in [2.75, 3.05) is 5.32 Å². The average molecular weight is 392 g/mol. The van der Waals surface area contributed by atoms with Crippen LogP contribution in [0.4, 0.5) is 14.7 Å². The van der Waals surface area contributed by atoms with Crippen molar-refractivity contribution in [1.29, 1.82) is 0 Å². The first-order valence-corrected chi connectivity index (χ1v) is 8.66. The molecule has 0 aliphatic rings. The van der Waals surface area contributed by atoms with Crippen molar-refractivity contribution >= 4 is 11.8 Å². The van der Waals surface area contributed by atoms with E-state index in [9.17, 15) is 13.6 Å². The van der Waals surface area contributed by atoms with E-state index in [1.165, 1.54) is 36.7 Å². The predicted molar refractivity (Wildman–Crippen MR) is 102 cm³/mol. The Hall–Kier alpha value is -3.94. The van der Waals surface area contributed by atoms with E-state index in [2.05, 4.69) is 20.4 Å². The van der Waals surface area contributed by atoms with Crippen LogP contribution in [0.3, 0.4) is 0 Å². The fourth-order valence-corrected chi connectivity index (χ4v) is 2.86. The normalized spacial score (nSPS) is 10.7. The molecule has 0 saturated carbocycles. The number of benzene rings is 2. The van der Waals surface area contributed by atoms with Gasteiger partial charge < -0.3 is 4.52 Å². The number of rotatable bonds is 5. The molecule has 0 unspecified atom stereocenters. The van der Waals surface area contributed by atoms with Crippen molar-refractivity contribution in [3.63, 3.8) is 0 Å². The first-order valence-electron chi connectivity index (χ1n) is 8.66. The summed E-state index contributed by atoms with van der Waals surface area (Å²) in [6.07, 6.45) is 2.85. The van der Waals surface area contributed by atoms with Crippen LogP contribution in [0.5, 0.6) is 0 Å². The molecule has 29 heavy (non-hydrogen) atoms. The summed E-state index contributed by atoms with van der Waals surface area (Å²) in [5.74, 6) is -1.13. The van der Waals surface area contributed by atoms with E-state index < -0.39 is 11.7 Å². The second-order valence-electron chi connectivity index (χ2n) is 6.19. The number of hydrogen-bond acceptors (Lipinski definition) is 5.